The van der Waals surface area contributed by atoms with Crippen LogP contribution in [-0.2, 0) is 12.6 Å². The Kier molecular flexibility index (Phi) is 6.54. The standard InChI is InChI=1S/C27H27N3O4/c1-30-18-17-25(28-26(30)31)29-27(19-5-11-22(32-2)12-6-19,20-7-13-23(33-3)14-8-20)21-9-15-24(34-4)16-10-21/h5-18H,1-4H3,(H,28,29,31). The number of hydrogen-bond donors (Lipinski definition) is 1. The van der Waals surface area contributed by atoms with Crippen LogP contribution in [0.4, 0.5) is 5.82 Å². The van der Waals surface area contributed by atoms with Gasteiger partial charge in [-0.2, -0.15) is 4.98 Å². The van der Waals surface area contributed by atoms with E-state index in [9.17, 15) is 4.79 Å². The molecule has 0 atom stereocenters. The van der Waals surface area contributed by atoms with E-state index in [1.54, 1.807) is 40.6 Å². The van der Waals surface area contributed by atoms with E-state index in [0.717, 1.165) is 33.9 Å². The molecule has 0 saturated heterocycles. The highest BCUT2D eigenvalue weighted by Crippen LogP contribution is 2.41. The molecular formula is C27H27N3O4. The number of benzene rings is 3. The summed E-state index contributed by atoms with van der Waals surface area (Å²) >= 11 is 0. The Balaban J connectivity index is 2.00. The number of nitrogens with zero attached hydrogens (tertiary/aromatic N) is 2. The Bertz CT molecular complexity index is 1180. The van der Waals surface area contributed by atoms with Gasteiger partial charge in [-0.25, -0.2) is 4.79 Å². The van der Waals surface area contributed by atoms with E-state index < -0.39 is 5.54 Å². The first kappa shape index (κ1) is 22.9. The molecule has 174 valence electrons. The third-order valence-corrected chi connectivity index (χ3v) is 5.86. The van der Waals surface area contributed by atoms with Gasteiger partial charge in [0, 0.05) is 13.2 Å². The molecule has 0 amide bonds. The summed E-state index contributed by atoms with van der Waals surface area (Å²) in [5.41, 5.74) is 1.57. The van der Waals surface area contributed by atoms with Gasteiger partial charge in [0.1, 0.15) is 28.6 Å². The summed E-state index contributed by atoms with van der Waals surface area (Å²) in [4.78, 5) is 16.6. The summed E-state index contributed by atoms with van der Waals surface area (Å²) in [6.07, 6.45) is 1.69. The molecule has 0 aliphatic heterocycles. The maximum absolute atomic E-state index is 12.3. The zero-order valence-corrected chi connectivity index (χ0v) is 19.6. The highest BCUT2D eigenvalue weighted by molar-refractivity contribution is 5.59. The SMILES string of the molecule is COc1ccc(C(Nc2ccn(C)c(=O)n2)(c2ccc(OC)cc2)c2ccc(OC)cc2)cc1. The molecule has 3 aromatic carbocycles. The predicted octanol–water partition coefficient (Wildman–Crippen LogP) is 4.21. The molecule has 7 nitrogen and oxygen atoms in total. The van der Waals surface area contributed by atoms with E-state index in [2.05, 4.69) is 10.3 Å². The summed E-state index contributed by atoms with van der Waals surface area (Å²) < 4.78 is 17.6. The van der Waals surface area contributed by atoms with Gasteiger partial charge in [0.2, 0.25) is 0 Å². The molecule has 1 heterocycles. The summed E-state index contributed by atoms with van der Waals surface area (Å²) in [6, 6.07) is 25.3. The fraction of sp³-hybridized carbons (Fsp3) is 0.185. The van der Waals surface area contributed by atoms with Crippen molar-refractivity contribution in [3.63, 3.8) is 0 Å². The average molecular weight is 458 g/mol. The van der Waals surface area contributed by atoms with E-state index in [4.69, 9.17) is 14.2 Å². The third kappa shape index (κ3) is 4.32. The van der Waals surface area contributed by atoms with Gasteiger partial charge >= 0.3 is 5.69 Å². The van der Waals surface area contributed by atoms with Crippen molar-refractivity contribution in [2.75, 3.05) is 26.6 Å². The molecule has 1 aromatic heterocycles. The molecule has 4 aromatic rings. The number of aromatic nitrogens is 2. The second kappa shape index (κ2) is 9.70. The van der Waals surface area contributed by atoms with Gasteiger partial charge < -0.3 is 24.1 Å². The molecule has 0 unspecified atom stereocenters. The average Bonchev–Trinajstić information content (AvgIpc) is 2.89. The summed E-state index contributed by atoms with van der Waals surface area (Å²) in [7, 11) is 6.58. The Morgan fingerprint density at radius 1 is 0.676 bits per heavy atom. The van der Waals surface area contributed by atoms with Crippen LogP contribution in [0.25, 0.3) is 0 Å². The number of rotatable bonds is 8. The van der Waals surface area contributed by atoms with Crippen LogP contribution in [0.3, 0.4) is 0 Å². The van der Waals surface area contributed by atoms with Crippen LogP contribution in [0.5, 0.6) is 17.2 Å². The van der Waals surface area contributed by atoms with Gasteiger partial charge in [0.15, 0.2) is 0 Å². The van der Waals surface area contributed by atoms with Crippen molar-refractivity contribution in [2.24, 2.45) is 7.05 Å². The van der Waals surface area contributed by atoms with E-state index in [0.29, 0.717) is 5.82 Å². The van der Waals surface area contributed by atoms with Crippen molar-refractivity contribution in [1.29, 1.82) is 0 Å². The first-order valence-electron chi connectivity index (χ1n) is 10.8. The lowest BCUT2D eigenvalue weighted by Gasteiger charge is -2.37. The second-order valence-electron chi connectivity index (χ2n) is 7.77. The predicted molar refractivity (Wildman–Crippen MR) is 132 cm³/mol. The summed E-state index contributed by atoms with van der Waals surface area (Å²) in [6.45, 7) is 0. The van der Waals surface area contributed by atoms with Crippen LogP contribution in [0.2, 0.25) is 0 Å². The Morgan fingerprint density at radius 3 is 1.38 bits per heavy atom. The summed E-state index contributed by atoms with van der Waals surface area (Å²) in [5, 5.41) is 3.57. The van der Waals surface area contributed by atoms with Crippen LogP contribution in [0, 0.1) is 0 Å². The zero-order chi connectivity index (χ0) is 24.1. The molecule has 1 N–H and O–H groups in total. The zero-order valence-electron chi connectivity index (χ0n) is 19.6. The quantitative estimate of drug-likeness (QED) is 0.400. The van der Waals surface area contributed by atoms with Crippen LogP contribution >= 0.6 is 0 Å². The van der Waals surface area contributed by atoms with Crippen LogP contribution in [0.15, 0.2) is 89.9 Å². The largest absolute Gasteiger partial charge is 0.497 e. The normalized spacial score (nSPS) is 11.1. The van der Waals surface area contributed by atoms with Crippen molar-refractivity contribution in [3.8, 4) is 17.2 Å². The second-order valence-corrected chi connectivity index (χ2v) is 7.77. The number of hydrogen-bond acceptors (Lipinski definition) is 6. The molecule has 0 spiro atoms. The monoisotopic (exact) mass is 457 g/mol. The molecule has 0 aliphatic rings. The first-order valence-corrected chi connectivity index (χ1v) is 10.8. The topological polar surface area (TPSA) is 74.6 Å². The molecule has 4 rings (SSSR count). The molecule has 34 heavy (non-hydrogen) atoms. The number of nitrogens with one attached hydrogen (secondary N) is 1. The lowest BCUT2D eigenvalue weighted by molar-refractivity contribution is 0.414. The van der Waals surface area contributed by atoms with Crippen molar-refractivity contribution in [3.05, 3.63) is 112 Å². The van der Waals surface area contributed by atoms with Crippen molar-refractivity contribution < 1.29 is 14.2 Å². The molecular weight excluding hydrogens is 430 g/mol. The van der Waals surface area contributed by atoms with E-state index in [1.807, 2.05) is 72.8 Å². The van der Waals surface area contributed by atoms with Crippen LogP contribution < -0.4 is 25.2 Å². The minimum atomic E-state index is -0.885. The summed E-state index contributed by atoms with van der Waals surface area (Å²) in [5.74, 6) is 2.68. The minimum Gasteiger partial charge on any atom is -0.497 e. The molecule has 0 fully saturated rings. The maximum Gasteiger partial charge on any atom is 0.349 e. The Hall–Kier alpha value is -4.26. The van der Waals surface area contributed by atoms with Crippen molar-refractivity contribution >= 4 is 5.82 Å². The highest BCUT2D eigenvalue weighted by atomic mass is 16.5. The van der Waals surface area contributed by atoms with Gasteiger partial charge in [0.25, 0.3) is 0 Å². The van der Waals surface area contributed by atoms with Crippen LogP contribution in [-0.4, -0.2) is 30.9 Å². The highest BCUT2D eigenvalue weighted by Gasteiger charge is 2.37. The Morgan fingerprint density at radius 2 is 1.06 bits per heavy atom. The van der Waals surface area contributed by atoms with E-state index in [1.165, 1.54) is 4.57 Å². The third-order valence-electron chi connectivity index (χ3n) is 5.86. The van der Waals surface area contributed by atoms with Gasteiger partial charge in [-0.05, 0) is 59.2 Å². The number of ether oxygens (including phenoxy) is 3. The first-order chi connectivity index (χ1) is 16.5. The van der Waals surface area contributed by atoms with Gasteiger partial charge in [-0.15, -0.1) is 0 Å². The molecule has 7 heteroatoms. The number of anilines is 1. The number of methoxy groups -OCH3 is 3. The Labute approximate surface area is 198 Å². The van der Waals surface area contributed by atoms with Gasteiger partial charge in [-0.1, -0.05) is 36.4 Å². The van der Waals surface area contributed by atoms with Gasteiger partial charge in [0.05, 0.1) is 21.3 Å². The molecule has 0 saturated carbocycles. The van der Waals surface area contributed by atoms with Crippen molar-refractivity contribution in [1.82, 2.24) is 9.55 Å². The fourth-order valence-electron chi connectivity index (χ4n) is 3.97. The maximum atomic E-state index is 12.3. The molecule has 0 radical (unpaired) electrons. The van der Waals surface area contributed by atoms with Crippen molar-refractivity contribution in [2.45, 2.75) is 5.54 Å². The lowest BCUT2D eigenvalue weighted by atomic mass is 9.77. The van der Waals surface area contributed by atoms with Gasteiger partial charge in [-0.3, -0.25) is 0 Å². The number of aryl methyl sites for hydroxylation is 1. The van der Waals surface area contributed by atoms with E-state index in [-0.39, 0.29) is 5.69 Å². The molecule has 0 aliphatic carbocycles. The van der Waals surface area contributed by atoms with E-state index >= 15 is 0 Å². The lowest BCUT2D eigenvalue weighted by Crippen LogP contribution is -2.39. The minimum absolute atomic E-state index is 0.349. The fourth-order valence-corrected chi connectivity index (χ4v) is 3.97. The van der Waals surface area contributed by atoms with Crippen LogP contribution in [0.1, 0.15) is 16.7 Å². The molecule has 0 bridgehead atoms. The smallest absolute Gasteiger partial charge is 0.349 e.